The van der Waals surface area contributed by atoms with Gasteiger partial charge in [0.15, 0.2) is 0 Å². The number of carbonyl (C=O) groups is 1. The Labute approximate surface area is 118 Å². The molecule has 1 aliphatic heterocycles. The number of aryl methyl sites for hydroxylation is 1. The van der Waals surface area contributed by atoms with Gasteiger partial charge in [-0.1, -0.05) is 0 Å². The summed E-state index contributed by atoms with van der Waals surface area (Å²) in [4.78, 5) is 13.9. The fourth-order valence-electron chi connectivity index (χ4n) is 2.18. The second-order valence-corrected chi connectivity index (χ2v) is 6.44. The lowest BCUT2D eigenvalue weighted by Gasteiger charge is -2.34. The van der Waals surface area contributed by atoms with Crippen LogP contribution in [0.1, 0.15) is 13.3 Å². The maximum atomic E-state index is 12.1. The highest BCUT2D eigenvalue weighted by Gasteiger charge is 2.22. The first-order chi connectivity index (χ1) is 9.38. The van der Waals surface area contributed by atoms with Crippen molar-refractivity contribution in [1.29, 1.82) is 0 Å². The van der Waals surface area contributed by atoms with E-state index in [-0.39, 0.29) is 23.3 Å². The van der Waals surface area contributed by atoms with Crippen LogP contribution in [-0.4, -0.2) is 54.7 Å². The van der Waals surface area contributed by atoms with Crippen molar-refractivity contribution in [3.05, 3.63) is 12.4 Å². The standard InChI is InChI=1S/C11H19N5O3S/c1-9-6-13-3-5-16(9)11(17)2-4-15-8-10(7-14-15)20(12,18)19/h7-9,13H,2-6H2,1H3,(H2,12,18,19)/t9-/m1/s1. The smallest absolute Gasteiger partial charge is 0.241 e. The van der Waals surface area contributed by atoms with Crippen LogP contribution in [0.25, 0.3) is 0 Å². The lowest BCUT2D eigenvalue weighted by atomic mass is 10.2. The van der Waals surface area contributed by atoms with Crippen molar-refractivity contribution in [2.75, 3.05) is 19.6 Å². The van der Waals surface area contributed by atoms with Gasteiger partial charge in [0.1, 0.15) is 4.90 Å². The molecule has 3 N–H and O–H groups in total. The molecule has 1 saturated heterocycles. The Hall–Kier alpha value is -1.45. The largest absolute Gasteiger partial charge is 0.337 e. The minimum absolute atomic E-state index is 0.0412. The van der Waals surface area contributed by atoms with E-state index in [2.05, 4.69) is 10.4 Å². The van der Waals surface area contributed by atoms with Crippen LogP contribution in [0.4, 0.5) is 0 Å². The molecule has 2 rings (SSSR count). The first kappa shape index (κ1) is 14.9. The zero-order chi connectivity index (χ0) is 14.8. The minimum Gasteiger partial charge on any atom is -0.337 e. The molecule has 0 radical (unpaired) electrons. The fraction of sp³-hybridized carbons (Fsp3) is 0.636. The van der Waals surface area contributed by atoms with Crippen LogP contribution in [-0.2, 0) is 21.4 Å². The van der Waals surface area contributed by atoms with E-state index >= 15 is 0 Å². The van der Waals surface area contributed by atoms with Crippen LogP contribution < -0.4 is 10.5 Å². The molecule has 0 bridgehead atoms. The summed E-state index contributed by atoms with van der Waals surface area (Å²) >= 11 is 0. The topological polar surface area (TPSA) is 110 Å². The van der Waals surface area contributed by atoms with Gasteiger partial charge in [0.05, 0.1) is 6.20 Å². The lowest BCUT2D eigenvalue weighted by molar-refractivity contribution is -0.134. The van der Waals surface area contributed by atoms with E-state index in [0.717, 1.165) is 13.1 Å². The lowest BCUT2D eigenvalue weighted by Crippen LogP contribution is -2.52. The highest BCUT2D eigenvalue weighted by Crippen LogP contribution is 2.08. The number of carbonyl (C=O) groups excluding carboxylic acids is 1. The monoisotopic (exact) mass is 301 g/mol. The van der Waals surface area contributed by atoms with Gasteiger partial charge in [-0.25, -0.2) is 13.6 Å². The van der Waals surface area contributed by atoms with E-state index in [9.17, 15) is 13.2 Å². The number of hydrogen-bond donors (Lipinski definition) is 2. The Morgan fingerprint density at radius 3 is 2.95 bits per heavy atom. The molecule has 0 aromatic carbocycles. The Bertz CT molecular complexity index is 583. The Kier molecular flexibility index (Phi) is 4.41. The first-order valence-corrected chi connectivity index (χ1v) is 7.98. The third kappa shape index (κ3) is 3.56. The van der Waals surface area contributed by atoms with Crippen molar-refractivity contribution in [3.8, 4) is 0 Å². The molecule has 8 nitrogen and oxygen atoms in total. The summed E-state index contributed by atoms with van der Waals surface area (Å²) < 4.78 is 23.7. The maximum absolute atomic E-state index is 12.1. The molecule has 1 aliphatic rings. The third-order valence-electron chi connectivity index (χ3n) is 3.31. The summed E-state index contributed by atoms with van der Waals surface area (Å²) in [5.74, 6) is 0.0478. The summed E-state index contributed by atoms with van der Waals surface area (Å²) in [6.07, 6.45) is 2.81. The van der Waals surface area contributed by atoms with Crippen LogP contribution >= 0.6 is 0 Å². The Balaban J connectivity index is 1.91. The van der Waals surface area contributed by atoms with Crippen molar-refractivity contribution in [1.82, 2.24) is 20.0 Å². The number of rotatable bonds is 4. The van der Waals surface area contributed by atoms with Gasteiger partial charge >= 0.3 is 0 Å². The van der Waals surface area contributed by atoms with Gasteiger partial charge in [0.25, 0.3) is 0 Å². The Morgan fingerprint density at radius 1 is 1.60 bits per heavy atom. The van der Waals surface area contributed by atoms with Crippen molar-refractivity contribution in [2.45, 2.75) is 30.8 Å². The van der Waals surface area contributed by atoms with Gasteiger partial charge in [-0.2, -0.15) is 5.10 Å². The molecule has 9 heteroatoms. The number of primary sulfonamides is 1. The minimum atomic E-state index is -3.74. The number of aromatic nitrogens is 2. The van der Waals surface area contributed by atoms with Crippen molar-refractivity contribution in [3.63, 3.8) is 0 Å². The molecule has 1 fully saturated rings. The highest BCUT2D eigenvalue weighted by atomic mass is 32.2. The quantitative estimate of drug-likeness (QED) is 0.721. The molecule has 1 aromatic heterocycles. The molecule has 0 aliphatic carbocycles. The fourth-order valence-corrected chi connectivity index (χ4v) is 2.64. The zero-order valence-corrected chi connectivity index (χ0v) is 12.1. The average Bonchev–Trinajstić information content (AvgIpc) is 2.85. The van der Waals surface area contributed by atoms with Crippen molar-refractivity contribution >= 4 is 15.9 Å². The number of nitrogens with two attached hydrogens (primary N) is 1. The van der Waals surface area contributed by atoms with Crippen LogP contribution in [0, 0.1) is 0 Å². The van der Waals surface area contributed by atoms with E-state index in [1.807, 2.05) is 11.8 Å². The molecule has 1 amide bonds. The van der Waals surface area contributed by atoms with Gasteiger partial charge in [-0.15, -0.1) is 0 Å². The summed E-state index contributed by atoms with van der Waals surface area (Å²) in [6, 6.07) is 0.175. The predicted octanol–water partition coefficient (Wildman–Crippen LogP) is -1.26. The zero-order valence-electron chi connectivity index (χ0n) is 11.3. The predicted molar refractivity (Wildman–Crippen MR) is 72.3 cm³/mol. The Morgan fingerprint density at radius 2 is 2.35 bits per heavy atom. The second-order valence-electron chi connectivity index (χ2n) is 4.87. The molecule has 0 spiro atoms. The number of amides is 1. The van der Waals surface area contributed by atoms with Crippen LogP contribution in [0.5, 0.6) is 0 Å². The molecule has 2 heterocycles. The SMILES string of the molecule is C[C@@H]1CNCCN1C(=O)CCn1cc(S(N)(=O)=O)cn1. The molecule has 20 heavy (non-hydrogen) atoms. The molecule has 1 atom stereocenters. The first-order valence-electron chi connectivity index (χ1n) is 6.43. The van der Waals surface area contributed by atoms with Gasteiger partial charge in [-0.3, -0.25) is 9.48 Å². The van der Waals surface area contributed by atoms with Crippen LogP contribution in [0.15, 0.2) is 17.3 Å². The second kappa shape index (κ2) is 5.90. The third-order valence-corrected chi connectivity index (χ3v) is 4.18. The molecular weight excluding hydrogens is 282 g/mol. The van der Waals surface area contributed by atoms with Gasteiger partial charge in [0, 0.05) is 44.8 Å². The summed E-state index contributed by atoms with van der Waals surface area (Å²) in [6.45, 7) is 4.63. The van der Waals surface area contributed by atoms with E-state index in [0.29, 0.717) is 13.1 Å². The summed E-state index contributed by atoms with van der Waals surface area (Å²) in [5.41, 5.74) is 0. The van der Waals surface area contributed by atoms with Gasteiger partial charge in [0.2, 0.25) is 15.9 Å². The van der Waals surface area contributed by atoms with Crippen molar-refractivity contribution in [2.24, 2.45) is 5.14 Å². The van der Waals surface area contributed by atoms with E-state index in [4.69, 9.17) is 5.14 Å². The van der Waals surface area contributed by atoms with Gasteiger partial charge in [-0.05, 0) is 6.92 Å². The van der Waals surface area contributed by atoms with E-state index in [1.54, 1.807) is 0 Å². The van der Waals surface area contributed by atoms with Gasteiger partial charge < -0.3 is 10.2 Å². The summed E-state index contributed by atoms with van der Waals surface area (Å²) in [7, 11) is -3.74. The number of piperazine rings is 1. The maximum Gasteiger partial charge on any atom is 0.241 e. The molecule has 0 unspecified atom stereocenters. The van der Waals surface area contributed by atoms with Crippen LogP contribution in [0.3, 0.4) is 0 Å². The summed E-state index contributed by atoms with van der Waals surface area (Å²) in [5, 5.41) is 12.1. The average molecular weight is 301 g/mol. The molecule has 112 valence electrons. The van der Waals surface area contributed by atoms with E-state index in [1.165, 1.54) is 17.1 Å². The number of sulfonamides is 1. The number of hydrogen-bond acceptors (Lipinski definition) is 5. The number of nitrogens with one attached hydrogen (secondary N) is 1. The highest BCUT2D eigenvalue weighted by molar-refractivity contribution is 7.89. The molecule has 0 saturated carbocycles. The van der Waals surface area contributed by atoms with Crippen molar-refractivity contribution < 1.29 is 13.2 Å². The molecule has 1 aromatic rings. The molecular formula is C11H19N5O3S. The van der Waals surface area contributed by atoms with Crippen LogP contribution in [0.2, 0.25) is 0 Å². The van der Waals surface area contributed by atoms with E-state index < -0.39 is 10.0 Å². The normalized spacial score (nSPS) is 20.1. The number of nitrogens with zero attached hydrogens (tertiary/aromatic N) is 3.